The quantitative estimate of drug-likeness (QED) is 0.344. The Balaban J connectivity index is 1.62. The van der Waals surface area contributed by atoms with E-state index in [0.717, 1.165) is 28.1 Å². The van der Waals surface area contributed by atoms with Crippen molar-refractivity contribution in [2.45, 2.75) is 32.9 Å². The smallest absolute Gasteiger partial charge is 0.222 e. The molecule has 9 heteroatoms. The van der Waals surface area contributed by atoms with E-state index in [9.17, 15) is 4.79 Å². The van der Waals surface area contributed by atoms with E-state index in [4.69, 9.17) is 27.1 Å². The first kappa shape index (κ1) is 24.5. The SMILES string of the molecule is CCNC(=O)C[C@@H]1N=C(c2ccc(Cl)cc2)c2cc(OCc3ccccc3N)ccc2-n2c(C)nnc21. The van der Waals surface area contributed by atoms with Crippen molar-refractivity contribution < 1.29 is 9.53 Å². The second-order valence-corrected chi connectivity index (χ2v) is 9.20. The maximum absolute atomic E-state index is 12.6. The lowest BCUT2D eigenvalue weighted by atomic mass is 10.00. The van der Waals surface area contributed by atoms with Crippen molar-refractivity contribution in [3.05, 3.63) is 100 Å². The first-order valence-corrected chi connectivity index (χ1v) is 12.5. The number of aryl methyl sites for hydroxylation is 1. The van der Waals surface area contributed by atoms with Crippen molar-refractivity contribution >= 4 is 28.9 Å². The van der Waals surface area contributed by atoms with E-state index in [0.29, 0.717) is 41.3 Å². The van der Waals surface area contributed by atoms with Crippen molar-refractivity contribution in [3.63, 3.8) is 0 Å². The number of nitrogen functional groups attached to an aromatic ring is 1. The van der Waals surface area contributed by atoms with Crippen LogP contribution in [0.3, 0.4) is 0 Å². The summed E-state index contributed by atoms with van der Waals surface area (Å²) < 4.78 is 8.11. The summed E-state index contributed by atoms with van der Waals surface area (Å²) in [5, 5.41) is 12.2. The molecule has 5 rings (SSSR count). The molecule has 0 bridgehead atoms. The molecule has 1 aliphatic rings. The molecule has 37 heavy (non-hydrogen) atoms. The van der Waals surface area contributed by atoms with Gasteiger partial charge in [0.15, 0.2) is 5.82 Å². The maximum Gasteiger partial charge on any atom is 0.222 e. The third kappa shape index (κ3) is 5.06. The van der Waals surface area contributed by atoms with E-state index in [1.807, 2.05) is 85.1 Å². The Morgan fingerprint density at radius 1 is 1.11 bits per heavy atom. The molecule has 1 aromatic heterocycles. The van der Waals surface area contributed by atoms with Gasteiger partial charge in [0, 0.05) is 33.9 Å². The summed E-state index contributed by atoms with van der Waals surface area (Å²) >= 11 is 6.18. The fraction of sp³-hybridized carbons (Fsp3) is 0.214. The van der Waals surface area contributed by atoms with E-state index < -0.39 is 6.04 Å². The van der Waals surface area contributed by atoms with Gasteiger partial charge in [0.25, 0.3) is 0 Å². The average Bonchev–Trinajstić information content (AvgIpc) is 3.21. The van der Waals surface area contributed by atoms with Crippen LogP contribution >= 0.6 is 11.6 Å². The Hall–Kier alpha value is -4.17. The van der Waals surface area contributed by atoms with Crippen LogP contribution in [0.1, 0.15) is 47.7 Å². The number of aliphatic imine (C=N–C) groups is 1. The van der Waals surface area contributed by atoms with Gasteiger partial charge in [-0.3, -0.25) is 14.4 Å². The van der Waals surface area contributed by atoms with Gasteiger partial charge < -0.3 is 15.8 Å². The van der Waals surface area contributed by atoms with Gasteiger partial charge in [-0.2, -0.15) is 0 Å². The standard InChI is InChI=1S/C28H27ClN6O2/c1-3-31-26(36)15-24-28-34-33-17(2)35(28)25-13-12-21(37-16-19-6-4-5-7-23(19)30)14-22(25)27(32-24)18-8-10-20(29)11-9-18/h4-14,24H,3,15-16,30H2,1-2H3,(H,31,36)/t24-/m0/s1. The second kappa shape index (κ2) is 10.4. The molecule has 1 amide bonds. The zero-order valence-electron chi connectivity index (χ0n) is 20.6. The number of ether oxygens (including phenoxy) is 1. The van der Waals surface area contributed by atoms with Gasteiger partial charge in [0.05, 0.1) is 17.8 Å². The monoisotopic (exact) mass is 514 g/mol. The Bertz CT molecular complexity index is 1480. The number of rotatable bonds is 7. The zero-order chi connectivity index (χ0) is 25.9. The number of amides is 1. The molecule has 188 valence electrons. The largest absolute Gasteiger partial charge is 0.489 e. The van der Waals surface area contributed by atoms with E-state index in [1.165, 1.54) is 0 Å². The molecule has 8 nitrogen and oxygen atoms in total. The normalized spacial score (nSPS) is 14.2. The van der Waals surface area contributed by atoms with Gasteiger partial charge in [-0.05, 0) is 50.2 Å². The minimum Gasteiger partial charge on any atom is -0.489 e. The molecule has 2 heterocycles. The molecule has 0 radical (unpaired) electrons. The lowest BCUT2D eigenvalue weighted by molar-refractivity contribution is -0.121. The van der Waals surface area contributed by atoms with Crippen molar-refractivity contribution in [1.82, 2.24) is 20.1 Å². The minimum absolute atomic E-state index is 0.102. The van der Waals surface area contributed by atoms with Crippen LogP contribution in [0.5, 0.6) is 5.75 Å². The van der Waals surface area contributed by atoms with Crippen molar-refractivity contribution in [1.29, 1.82) is 0 Å². The molecule has 0 saturated carbocycles. The van der Waals surface area contributed by atoms with Gasteiger partial charge in [0.2, 0.25) is 5.91 Å². The van der Waals surface area contributed by atoms with Gasteiger partial charge in [0.1, 0.15) is 24.2 Å². The van der Waals surface area contributed by atoms with Gasteiger partial charge >= 0.3 is 0 Å². The van der Waals surface area contributed by atoms with Crippen molar-refractivity contribution in [2.24, 2.45) is 4.99 Å². The molecule has 1 aliphatic heterocycles. The predicted molar refractivity (Wildman–Crippen MR) is 144 cm³/mol. The number of carbonyl (C=O) groups is 1. The van der Waals surface area contributed by atoms with Gasteiger partial charge in [-0.1, -0.05) is 41.9 Å². The summed E-state index contributed by atoms with van der Waals surface area (Å²) in [6.07, 6.45) is 0.147. The number of para-hydroxylation sites is 1. The molecule has 0 spiro atoms. The summed E-state index contributed by atoms with van der Waals surface area (Å²) in [5.41, 5.74) is 11.0. The number of carbonyl (C=O) groups excluding carboxylic acids is 1. The number of hydrogen-bond donors (Lipinski definition) is 2. The van der Waals surface area contributed by atoms with E-state index in [-0.39, 0.29) is 12.3 Å². The first-order valence-electron chi connectivity index (χ1n) is 12.1. The lowest BCUT2D eigenvalue weighted by Gasteiger charge is -2.15. The summed E-state index contributed by atoms with van der Waals surface area (Å²) in [5.74, 6) is 1.88. The highest BCUT2D eigenvalue weighted by molar-refractivity contribution is 6.30. The molecule has 0 saturated heterocycles. The van der Waals surface area contributed by atoms with Crippen molar-refractivity contribution in [2.75, 3.05) is 12.3 Å². The Kier molecular flexibility index (Phi) is 6.92. The Morgan fingerprint density at radius 2 is 1.89 bits per heavy atom. The van der Waals surface area contributed by atoms with Crippen LogP contribution in [0.15, 0.2) is 71.7 Å². The summed E-state index contributed by atoms with van der Waals surface area (Å²) in [4.78, 5) is 17.7. The molecule has 0 fully saturated rings. The number of nitrogens with zero attached hydrogens (tertiary/aromatic N) is 4. The number of nitrogens with one attached hydrogen (secondary N) is 1. The highest BCUT2D eigenvalue weighted by Gasteiger charge is 2.30. The topological polar surface area (TPSA) is 107 Å². The first-order chi connectivity index (χ1) is 17.9. The molecule has 1 atom stereocenters. The van der Waals surface area contributed by atoms with Crippen molar-refractivity contribution in [3.8, 4) is 11.4 Å². The Morgan fingerprint density at radius 3 is 2.65 bits per heavy atom. The summed E-state index contributed by atoms with van der Waals surface area (Å²) in [6.45, 7) is 4.65. The number of aromatic nitrogens is 3. The van der Waals surface area contributed by atoms with Crippen LogP contribution in [-0.4, -0.2) is 32.9 Å². The number of fused-ring (bicyclic) bond motifs is 3. The molecule has 4 aromatic rings. The van der Waals surface area contributed by atoms with Crippen LogP contribution in [0.4, 0.5) is 5.69 Å². The third-order valence-electron chi connectivity index (χ3n) is 6.22. The second-order valence-electron chi connectivity index (χ2n) is 8.77. The molecule has 3 aromatic carbocycles. The Labute approximate surface area is 220 Å². The summed E-state index contributed by atoms with van der Waals surface area (Å²) in [7, 11) is 0. The molecule has 0 unspecified atom stereocenters. The molecular formula is C28H27ClN6O2. The lowest BCUT2D eigenvalue weighted by Crippen LogP contribution is -2.25. The molecular weight excluding hydrogens is 488 g/mol. The number of hydrogen-bond acceptors (Lipinski definition) is 6. The van der Waals surface area contributed by atoms with Gasteiger partial charge in [-0.25, -0.2) is 0 Å². The number of anilines is 1. The predicted octanol–water partition coefficient (Wildman–Crippen LogP) is 4.81. The summed E-state index contributed by atoms with van der Waals surface area (Å²) in [6, 6.07) is 20.4. The minimum atomic E-state index is -0.528. The van der Waals surface area contributed by atoms with Crippen LogP contribution in [0.2, 0.25) is 5.02 Å². The zero-order valence-corrected chi connectivity index (χ0v) is 21.4. The van der Waals surface area contributed by atoms with Crippen LogP contribution in [-0.2, 0) is 11.4 Å². The van der Waals surface area contributed by atoms with E-state index in [1.54, 1.807) is 0 Å². The number of halogens is 1. The third-order valence-corrected chi connectivity index (χ3v) is 6.47. The highest BCUT2D eigenvalue weighted by atomic mass is 35.5. The van der Waals surface area contributed by atoms with E-state index >= 15 is 0 Å². The average molecular weight is 515 g/mol. The number of benzene rings is 3. The fourth-order valence-corrected chi connectivity index (χ4v) is 4.54. The number of nitrogens with two attached hydrogens (primary N) is 1. The van der Waals surface area contributed by atoms with E-state index in [2.05, 4.69) is 15.5 Å². The van der Waals surface area contributed by atoms with Crippen LogP contribution < -0.4 is 15.8 Å². The molecule has 0 aliphatic carbocycles. The van der Waals surface area contributed by atoms with Gasteiger partial charge in [-0.15, -0.1) is 10.2 Å². The maximum atomic E-state index is 12.6. The van der Waals surface area contributed by atoms with Crippen LogP contribution in [0, 0.1) is 6.92 Å². The fourth-order valence-electron chi connectivity index (χ4n) is 4.41. The highest BCUT2D eigenvalue weighted by Crippen LogP contribution is 2.34. The molecule has 3 N–H and O–H groups in total. The van der Waals surface area contributed by atoms with Crippen LogP contribution in [0.25, 0.3) is 5.69 Å².